The van der Waals surface area contributed by atoms with Crippen molar-refractivity contribution in [3.63, 3.8) is 0 Å². The van der Waals surface area contributed by atoms with Gasteiger partial charge in [0.1, 0.15) is 0 Å². The van der Waals surface area contributed by atoms with Crippen LogP contribution in [0.25, 0.3) is 0 Å². The molecule has 2 fully saturated rings. The Hall–Kier alpha value is -0.150. The molecule has 0 amide bonds. The monoisotopic (exact) mass is 226 g/mol. The van der Waals surface area contributed by atoms with Crippen molar-refractivity contribution in [2.75, 3.05) is 13.1 Å². The molecule has 1 aliphatic carbocycles. The molecule has 1 aliphatic heterocycles. The molecule has 0 spiro atoms. The molecule has 1 saturated heterocycles. The zero-order chi connectivity index (χ0) is 11.3. The minimum absolute atomic E-state index is 0.489. The van der Waals surface area contributed by atoms with E-state index in [4.69, 9.17) is 18.0 Å². The largest absolute Gasteiger partial charge is 0.392 e. The Labute approximate surface area is 98.2 Å². The second-order valence-corrected chi connectivity index (χ2v) is 7.11. The molecule has 2 N–H and O–H groups in total. The third-order valence-corrected chi connectivity index (χ3v) is 4.01. The van der Waals surface area contributed by atoms with Crippen molar-refractivity contribution < 1.29 is 0 Å². The van der Waals surface area contributed by atoms with Gasteiger partial charge in [-0.1, -0.05) is 33.0 Å². The van der Waals surface area contributed by atoms with Gasteiger partial charge in [0.05, 0.1) is 4.99 Å². The summed E-state index contributed by atoms with van der Waals surface area (Å²) in [5.41, 5.74) is 6.64. The highest BCUT2D eigenvalue weighted by Gasteiger charge is 2.49. The molecule has 0 aromatic rings. The molecule has 0 aromatic heterocycles. The van der Waals surface area contributed by atoms with Crippen molar-refractivity contribution in [2.45, 2.75) is 46.1 Å². The summed E-state index contributed by atoms with van der Waals surface area (Å²) in [6.45, 7) is 9.19. The molecule has 2 unspecified atom stereocenters. The van der Waals surface area contributed by atoms with Crippen molar-refractivity contribution in [3.8, 4) is 0 Å². The lowest BCUT2D eigenvalue weighted by molar-refractivity contribution is 0.129. The zero-order valence-electron chi connectivity index (χ0n) is 10.0. The average Bonchev–Trinajstić information content (AvgIpc) is 2.17. The van der Waals surface area contributed by atoms with Crippen LogP contribution >= 0.6 is 12.2 Å². The van der Waals surface area contributed by atoms with Crippen LogP contribution < -0.4 is 5.73 Å². The van der Waals surface area contributed by atoms with Crippen LogP contribution in [0.1, 0.15) is 40.0 Å². The standard InChI is InChI=1S/C12H22N2S/c1-11(2)4-9-5-12(3,7-11)8-14(9)6-10(13)15/h9H,4-8H2,1-3H3,(H2,13,15). The average molecular weight is 226 g/mol. The van der Waals surface area contributed by atoms with Gasteiger partial charge in [0.15, 0.2) is 0 Å². The van der Waals surface area contributed by atoms with E-state index in [-0.39, 0.29) is 0 Å². The first-order valence-electron chi connectivity index (χ1n) is 5.82. The maximum Gasteiger partial charge on any atom is 0.0870 e. The number of nitrogens with two attached hydrogens (primary N) is 1. The van der Waals surface area contributed by atoms with Crippen LogP contribution in [-0.2, 0) is 0 Å². The van der Waals surface area contributed by atoms with E-state index in [9.17, 15) is 0 Å². The van der Waals surface area contributed by atoms with Crippen molar-refractivity contribution in [2.24, 2.45) is 16.6 Å². The summed E-state index contributed by atoms with van der Waals surface area (Å²) in [6.07, 6.45) is 3.97. The number of hydrogen-bond acceptors (Lipinski definition) is 2. The molecular formula is C12H22N2S. The van der Waals surface area contributed by atoms with Gasteiger partial charge >= 0.3 is 0 Å². The van der Waals surface area contributed by atoms with Gasteiger partial charge in [0, 0.05) is 19.1 Å². The van der Waals surface area contributed by atoms with Gasteiger partial charge in [-0.05, 0) is 30.1 Å². The van der Waals surface area contributed by atoms with E-state index in [2.05, 4.69) is 25.7 Å². The maximum atomic E-state index is 5.66. The van der Waals surface area contributed by atoms with Crippen LogP contribution in [0.5, 0.6) is 0 Å². The Morgan fingerprint density at radius 3 is 2.67 bits per heavy atom. The smallest absolute Gasteiger partial charge is 0.0870 e. The van der Waals surface area contributed by atoms with Crippen LogP contribution in [0.15, 0.2) is 0 Å². The molecule has 86 valence electrons. The molecular weight excluding hydrogens is 204 g/mol. The molecule has 2 nitrogen and oxygen atoms in total. The first-order valence-corrected chi connectivity index (χ1v) is 6.23. The van der Waals surface area contributed by atoms with Crippen LogP contribution in [0.3, 0.4) is 0 Å². The minimum atomic E-state index is 0.489. The topological polar surface area (TPSA) is 29.3 Å². The normalized spacial score (nSPS) is 39.3. The van der Waals surface area contributed by atoms with Crippen LogP contribution in [0.4, 0.5) is 0 Å². The summed E-state index contributed by atoms with van der Waals surface area (Å²) < 4.78 is 0. The van der Waals surface area contributed by atoms with Gasteiger partial charge < -0.3 is 5.73 Å². The van der Waals surface area contributed by atoms with Gasteiger partial charge in [0.25, 0.3) is 0 Å². The minimum Gasteiger partial charge on any atom is -0.392 e. The third kappa shape index (κ3) is 2.34. The summed E-state index contributed by atoms with van der Waals surface area (Å²) >= 11 is 5.02. The molecule has 1 saturated carbocycles. The van der Waals surface area contributed by atoms with Gasteiger partial charge in [0.2, 0.25) is 0 Å². The van der Waals surface area contributed by atoms with Gasteiger partial charge in [-0.2, -0.15) is 0 Å². The maximum absolute atomic E-state index is 5.66. The molecule has 3 heteroatoms. The van der Waals surface area contributed by atoms with E-state index in [1.807, 2.05) is 0 Å². The molecule has 2 bridgehead atoms. The SMILES string of the molecule is CC1(C)CC2CC(C)(CN2CC(N)=S)C1. The summed E-state index contributed by atoms with van der Waals surface area (Å²) in [6, 6.07) is 0.709. The van der Waals surface area contributed by atoms with Gasteiger partial charge in [-0.25, -0.2) is 0 Å². The Morgan fingerprint density at radius 2 is 2.07 bits per heavy atom. The van der Waals surface area contributed by atoms with E-state index in [1.165, 1.54) is 25.8 Å². The summed E-state index contributed by atoms with van der Waals surface area (Å²) in [4.78, 5) is 3.14. The first-order chi connectivity index (χ1) is 6.80. The summed E-state index contributed by atoms with van der Waals surface area (Å²) in [7, 11) is 0. The zero-order valence-corrected chi connectivity index (χ0v) is 10.9. The molecule has 2 aliphatic rings. The van der Waals surface area contributed by atoms with Gasteiger partial charge in [-0.15, -0.1) is 0 Å². The number of likely N-dealkylation sites (tertiary alicyclic amines) is 1. The van der Waals surface area contributed by atoms with E-state index >= 15 is 0 Å². The fourth-order valence-corrected chi connectivity index (χ4v) is 4.13. The van der Waals surface area contributed by atoms with Crippen LogP contribution in [0, 0.1) is 10.8 Å². The number of nitrogens with zero attached hydrogens (tertiary/aromatic N) is 1. The predicted octanol–water partition coefficient (Wildman–Crippen LogP) is 2.17. The molecule has 2 atom stereocenters. The lowest BCUT2D eigenvalue weighted by Crippen LogP contribution is -2.38. The third-order valence-electron chi connectivity index (χ3n) is 3.88. The van der Waals surface area contributed by atoms with Crippen molar-refractivity contribution in [3.05, 3.63) is 0 Å². The van der Waals surface area contributed by atoms with Crippen LogP contribution in [-0.4, -0.2) is 29.0 Å². The molecule has 0 radical (unpaired) electrons. The summed E-state index contributed by atoms with van der Waals surface area (Å²) in [5, 5.41) is 0. The highest BCUT2D eigenvalue weighted by atomic mass is 32.1. The predicted molar refractivity (Wildman–Crippen MR) is 67.9 cm³/mol. The second-order valence-electron chi connectivity index (χ2n) is 6.59. The first kappa shape index (κ1) is 11.3. The Bertz CT molecular complexity index is 287. The molecule has 2 rings (SSSR count). The number of hydrogen-bond donors (Lipinski definition) is 1. The quantitative estimate of drug-likeness (QED) is 0.732. The fourth-order valence-electron chi connectivity index (χ4n) is 3.96. The fraction of sp³-hybridized carbons (Fsp3) is 0.917. The van der Waals surface area contributed by atoms with Gasteiger partial charge in [-0.3, -0.25) is 4.90 Å². The second kappa shape index (κ2) is 3.42. The lowest BCUT2D eigenvalue weighted by atomic mass is 9.65. The molecule has 0 aromatic carbocycles. The highest BCUT2D eigenvalue weighted by Crippen LogP contribution is 2.52. The lowest BCUT2D eigenvalue weighted by Gasteiger charge is -2.39. The summed E-state index contributed by atoms with van der Waals surface area (Å²) in [5.74, 6) is 0. The van der Waals surface area contributed by atoms with Crippen LogP contribution in [0.2, 0.25) is 0 Å². The Kier molecular flexibility index (Phi) is 2.59. The van der Waals surface area contributed by atoms with E-state index < -0.39 is 0 Å². The van der Waals surface area contributed by atoms with Crippen molar-refractivity contribution in [1.82, 2.24) is 4.90 Å². The number of thiocarbonyl (C=S) groups is 1. The highest BCUT2D eigenvalue weighted by molar-refractivity contribution is 7.80. The molecule has 15 heavy (non-hydrogen) atoms. The Morgan fingerprint density at radius 1 is 1.40 bits per heavy atom. The van der Waals surface area contributed by atoms with E-state index in [0.29, 0.717) is 21.9 Å². The Balaban J connectivity index is 2.12. The van der Waals surface area contributed by atoms with Crippen molar-refractivity contribution in [1.29, 1.82) is 0 Å². The van der Waals surface area contributed by atoms with Crippen molar-refractivity contribution >= 4 is 17.2 Å². The van der Waals surface area contributed by atoms with E-state index in [0.717, 1.165) is 6.54 Å². The number of fused-ring (bicyclic) bond motifs is 2. The van der Waals surface area contributed by atoms with E-state index in [1.54, 1.807) is 0 Å². The molecule has 1 heterocycles. The number of rotatable bonds is 2.